The first-order valence-electron chi connectivity index (χ1n) is 8.90. The lowest BCUT2D eigenvalue weighted by atomic mass is 9.96. The molecule has 126 valence electrons. The van der Waals surface area contributed by atoms with Crippen LogP contribution in [0.2, 0.25) is 0 Å². The van der Waals surface area contributed by atoms with Crippen molar-refractivity contribution in [2.45, 2.75) is 45.6 Å². The Morgan fingerprint density at radius 1 is 1.12 bits per heavy atom. The molecule has 1 aliphatic heterocycles. The van der Waals surface area contributed by atoms with E-state index in [0.29, 0.717) is 6.04 Å². The zero-order chi connectivity index (χ0) is 16.7. The number of nitrogens with one attached hydrogen (secondary N) is 1. The van der Waals surface area contributed by atoms with Gasteiger partial charge in [0.25, 0.3) is 0 Å². The summed E-state index contributed by atoms with van der Waals surface area (Å²) in [7, 11) is 0. The topological polar surface area (TPSA) is 58.1 Å². The molecule has 0 aromatic carbocycles. The van der Waals surface area contributed by atoms with Crippen molar-refractivity contribution < 1.29 is 4.79 Å². The van der Waals surface area contributed by atoms with Gasteiger partial charge >= 0.3 is 0 Å². The molecule has 2 aromatic heterocycles. The van der Waals surface area contributed by atoms with Crippen LogP contribution in [0.3, 0.4) is 0 Å². The van der Waals surface area contributed by atoms with Gasteiger partial charge in [-0.05, 0) is 63.3 Å². The molecule has 1 N–H and O–H groups in total. The number of aryl methyl sites for hydroxylation is 2. The first-order valence-corrected chi connectivity index (χ1v) is 8.90. The Bertz CT molecular complexity index is 776. The number of pyridine rings is 2. The van der Waals surface area contributed by atoms with E-state index in [1.807, 2.05) is 6.92 Å². The third kappa shape index (κ3) is 3.07. The van der Waals surface area contributed by atoms with Gasteiger partial charge in [-0.2, -0.15) is 0 Å². The quantitative estimate of drug-likeness (QED) is 0.943. The first kappa shape index (κ1) is 15.4. The Morgan fingerprint density at radius 2 is 1.88 bits per heavy atom. The zero-order valence-electron chi connectivity index (χ0n) is 14.4. The molecule has 2 fully saturated rings. The van der Waals surface area contributed by atoms with E-state index in [9.17, 15) is 4.79 Å². The first-order chi connectivity index (χ1) is 11.6. The maximum absolute atomic E-state index is 12.2. The number of aromatic nitrogens is 2. The van der Waals surface area contributed by atoms with Crippen LogP contribution in [0, 0.1) is 19.8 Å². The van der Waals surface area contributed by atoms with Crippen LogP contribution in [-0.4, -0.2) is 35.0 Å². The van der Waals surface area contributed by atoms with Crippen LogP contribution >= 0.6 is 0 Å². The summed E-state index contributed by atoms with van der Waals surface area (Å²) in [5.41, 5.74) is 3.03. The molecular weight excluding hydrogens is 300 g/mol. The lowest BCUT2D eigenvalue weighted by molar-refractivity contribution is -0.125. The molecule has 4 rings (SSSR count). The van der Waals surface area contributed by atoms with Gasteiger partial charge in [0.1, 0.15) is 5.82 Å². The summed E-state index contributed by atoms with van der Waals surface area (Å²) in [4.78, 5) is 23.8. The summed E-state index contributed by atoms with van der Waals surface area (Å²) in [5.74, 6) is 1.38. The molecular formula is C19H24N4O. The molecule has 3 heterocycles. The summed E-state index contributed by atoms with van der Waals surface area (Å²) < 4.78 is 0. The number of rotatable bonds is 3. The molecule has 0 bridgehead atoms. The third-order valence-electron chi connectivity index (χ3n) is 5.11. The van der Waals surface area contributed by atoms with Crippen molar-refractivity contribution in [2.24, 2.45) is 5.92 Å². The van der Waals surface area contributed by atoms with Gasteiger partial charge in [-0.3, -0.25) is 4.79 Å². The molecule has 0 radical (unpaired) electrons. The van der Waals surface area contributed by atoms with Crippen molar-refractivity contribution in [3.63, 3.8) is 0 Å². The fraction of sp³-hybridized carbons (Fsp3) is 0.526. The van der Waals surface area contributed by atoms with Crippen LogP contribution in [0.25, 0.3) is 11.0 Å². The molecule has 2 aliphatic rings. The molecule has 5 nitrogen and oxygen atoms in total. The monoisotopic (exact) mass is 324 g/mol. The van der Waals surface area contributed by atoms with Gasteiger partial charge in [0.2, 0.25) is 5.91 Å². The van der Waals surface area contributed by atoms with Crippen LogP contribution < -0.4 is 10.2 Å². The van der Waals surface area contributed by atoms with Gasteiger partial charge < -0.3 is 10.2 Å². The summed E-state index contributed by atoms with van der Waals surface area (Å²) in [5, 5.41) is 4.25. The third-order valence-corrected chi connectivity index (χ3v) is 5.11. The maximum atomic E-state index is 12.2. The molecule has 5 heteroatoms. The van der Waals surface area contributed by atoms with E-state index < -0.39 is 0 Å². The number of anilines is 1. The molecule has 0 spiro atoms. The van der Waals surface area contributed by atoms with Crippen LogP contribution in [0.1, 0.15) is 36.9 Å². The van der Waals surface area contributed by atoms with Crippen LogP contribution in [0.15, 0.2) is 18.2 Å². The lowest BCUT2D eigenvalue weighted by Gasteiger charge is -2.32. The normalized spacial score (nSPS) is 18.8. The second-order valence-corrected chi connectivity index (χ2v) is 7.17. The standard InChI is InChI=1S/C19H24N4O/c1-12-11-13(2)20-18-16(12)5-6-17(22-18)23-9-7-14(8-10-23)19(24)21-15-3-4-15/h5-6,11,14-15H,3-4,7-10H2,1-2H3,(H,21,24). The largest absolute Gasteiger partial charge is 0.356 e. The number of fused-ring (bicyclic) bond motifs is 1. The minimum atomic E-state index is 0.157. The van der Waals surface area contributed by atoms with Crippen LogP contribution in [-0.2, 0) is 4.79 Å². The minimum Gasteiger partial charge on any atom is -0.356 e. The minimum absolute atomic E-state index is 0.157. The highest BCUT2D eigenvalue weighted by atomic mass is 16.2. The Balaban J connectivity index is 1.47. The van der Waals surface area contributed by atoms with Gasteiger partial charge in [-0.15, -0.1) is 0 Å². The molecule has 0 unspecified atom stereocenters. The lowest BCUT2D eigenvalue weighted by Crippen LogP contribution is -2.41. The Morgan fingerprint density at radius 3 is 2.58 bits per heavy atom. The number of hydrogen-bond acceptors (Lipinski definition) is 4. The van der Waals surface area contributed by atoms with E-state index in [2.05, 4.69) is 40.3 Å². The predicted octanol–water partition coefficient (Wildman–Crippen LogP) is 2.74. The average molecular weight is 324 g/mol. The van der Waals surface area contributed by atoms with E-state index in [-0.39, 0.29) is 11.8 Å². The number of carbonyl (C=O) groups excluding carboxylic acids is 1. The van der Waals surface area contributed by atoms with Gasteiger partial charge in [-0.25, -0.2) is 9.97 Å². The van der Waals surface area contributed by atoms with Crippen molar-refractivity contribution in [1.29, 1.82) is 0 Å². The van der Waals surface area contributed by atoms with Gasteiger partial charge in [0.05, 0.1) is 0 Å². The zero-order valence-corrected chi connectivity index (χ0v) is 14.4. The second kappa shape index (κ2) is 6.04. The highest BCUT2D eigenvalue weighted by Crippen LogP contribution is 2.26. The fourth-order valence-electron chi connectivity index (χ4n) is 3.52. The highest BCUT2D eigenvalue weighted by Gasteiger charge is 2.30. The van der Waals surface area contributed by atoms with Crippen molar-refractivity contribution in [3.8, 4) is 0 Å². The number of carbonyl (C=O) groups is 1. The number of hydrogen-bond donors (Lipinski definition) is 1. The Kier molecular flexibility index (Phi) is 3.87. The molecule has 1 amide bonds. The van der Waals surface area contributed by atoms with E-state index in [4.69, 9.17) is 4.98 Å². The fourth-order valence-corrected chi connectivity index (χ4v) is 3.52. The van der Waals surface area contributed by atoms with Gasteiger partial charge in [-0.1, -0.05) is 0 Å². The molecule has 1 aliphatic carbocycles. The highest BCUT2D eigenvalue weighted by molar-refractivity contribution is 5.81. The summed E-state index contributed by atoms with van der Waals surface area (Å²) in [6, 6.07) is 6.74. The maximum Gasteiger partial charge on any atom is 0.223 e. The molecule has 2 aromatic rings. The van der Waals surface area contributed by atoms with E-state index in [0.717, 1.165) is 61.3 Å². The van der Waals surface area contributed by atoms with E-state index in [1.165, 1.54) is 5.56 Å². The number of nitrogens with zero attached hydrogens (tertiary/aromatic N) is 3. The summed E-state index contributed by atoms with van der Waals surface area (Å²) >= 11 is 0. The molecule has 1 saturated carbocycles. The van der Waals surface area contributed by atoms with Crippen LogP contribution in [0.4, 0.5) is 5.82 Å². The second-order valence-electron chi connectivity index (χ2n) is 7.17. The van der Waals surface area contributed by atoms with Crippen molar-refractivity contribution in [3.05, 3.63) is 29.5 Å². The summed E-state index contributed by atoms with van der Waals surface area (Å²) in [6.45, 7) is 5.87. The van der Waals surface area contributed by atoms with Gasteiger partial charge in [0, 0.05) is 36.1 Å². The van der Waals surface area contributed by atoms with Gasteiger partial charge in [0.15, 0.2) is 5.65 Å². The summed E-state index contributed by atoms with van der Waals surface area (Å²) in [6.07, 6.45) is 4.10. The van der Waals surface area contributed by atoms with Crippen LogP contribution in [0.5, 0.6) is 0 Å². The predicted molar refractivity (Wildman–Crippen MR) is 95.1 cm³/mol. The molecule has 24 heavy (non-hydrogen) atoms. The van der Waals surface area contributed by atoms with E-state index >= 15 is 0 Å². The van der Waals surface area contributed by atoms with Crippen molar-refractivity contribution in [1.82, 2.24) is 15.3 Å². The average Bonchev–Trinajstić information content (AvgIpc) is 3.38. The van der Waals surface area contributed by atoms with Crippen molar-refractivity contribution in [2.75, 3.05) is 18.0 Å². The molecule has 0 atom stereocenters. The smallest absolute Gasteiger partial charge is 0.223 e. The van der Waals surface area contributed by atoms with Crippen molar-refractivity contribution >= 4 is 22.8 Å². The van der Waals surface area contributed by atoms with E-state index in [1.54, 1.807) is 0 Å². The SMILES string of the molecule is Cc1cc(C)c2ccc(N3CCC(C(=O)NC4CC4)CC3)nc2n1. The number of amides is 1. The number of piperidine rings is 1. The Hall–Kier alpha value is -2.17. The molecule has 1 saturated heterocycles. The Labute approximate surface area is 142 Å².